The summed E-state index contributed by atoms with van der Waals surface area (Å²) in [7, 11) is 0. The Labute approximate surface area is 127 Å². The normalized spacial score (nSPS) is 10.6. The van der Waals surface area contributed by atoms with E-state index in [-0.39, 0.29) is 5.91 Å². The maximum absolute atomic E-state index is 12.7. The summed E-state index contributed by atoms with van der Waals surface area (Å²) in [5.74, 6) is 0.131. The molecule has 1 aromatic carbocycles. The Balaban J connectivity index is 2.13. The van der Waals surface area contributed by atoms with E-state index in [4.69, 9.17) is 0 Å². The molecule has 0 aliphatic heterocycles. The molecule has 1 aromatic heterocycles. The van der Waals surface area contributed by atoms with Gasteiger partial charge in [0.2, 0.25) is 0 Å². The summed E-state index contributed by atoms with van der Waals surface area (Å²) < 4.78 is 2.03. The number of rotatable bonds is 7. The summed E-state index contributed by atoms with van der Waals surface area (Å²) in [4.78, 5) is 14.6. The van der Waals surface area contributed by atoms with E-state index in [0.717, 1.165) is 38.2 Å². The Kier molecular flexibility index (Phi) is 5.61. The quantitative estimate of drug-likeness (QED) is 0.759. The van der Waals surface area contributed by atoms with Crippen molar-refractivity contribution in [2.24, 2.45) is 0 Å². The van der Waals surface area contributed by atoms with Crippen molar-refractivity contribution >= 4 is 5.91 Å². The number of carbonyl (C=O) groups is 1. The second kappa shape index (κ2) is 7.67. The third kappa shape index (κ3) is 3.97. The van der Waals surface area contributed by atoms with Gasteiger partial charge in [-0.3, -0.25) is 4.79 Å². The summed E-state index contributed by atoms with van der Waals surface area (Å²) >= 11 is 0. The van der Waals surface area contributed by atoms with Gasteiger partial charge in [0.1, 0.15) is 5.69 Å². The molecule has 1 heterocycles. The predicted octanol–water partition coefficient (Wildman–Crippen LogP) is 3.80. The molecule has 0 radical (unpaired) electrons. The van der Waals surface area contributed by atoms with Crippen LogP contribution in [0.15, 0.2) is 48.7 Å². The molecule has 0 aliphatic rings. The summed E-state index contributed by atoms with van der Waals surface area (Å²) in [6.07, 6.45) is 4.14. The van der Waals surface area contributed by atoms with Crippen LogP contribution in [0.4, 0.5) is 0 Å². The number of unbranched alkanes of at least 4 members (excludes halogenated alkanes) is 1. The Bertz CT molecular complexity index is 560. The molecule has 0 N–H and O–H groups in total. The fourth-order valence-corrected chi connectivity index (χ4v) is 2.44. The van der Waals surface area contributed by atoms with Crippen LogP contribution < -0.4 is 0 Å². The van der Waals surface area contributed by atoms with E-state index in [0.29, 0.717) is 0 Å². The highest BCUT2D eigenvalue weighted by molar-refractivity contribution is 5.92. The highest BCUT2D eigenvalue weighted by Gasteiger charge is 2.17. The number of hydrogen-bond acceptors (Lipinski definition) is 1. The van der Waals surface area contributed by atoms with E-state index < -0.39 is 0 Å². The van der Waals surface area contributed by atoms with Gasteiger partial charge >= 0.3 is 0 Å². The average molecular weight is 284 g/mol. The second-order valence-electron chi connectivity index (χ2n) is 5.25. The minimum Gasteiger partial charge on any atom is -0.339 e. The molecule has 112 valence electrons. The van der Waals surface area contributed by atoms with Crippen molar-refractivity contribution < 1.29 is 4.79 Å². The Hall–Kier alpha value is -2.03. The van der Waals surface area contributed by atoms with Gasteiger partial charge in [0, 0.05) is 25.8 Å². The van der Waals surface area contributed by atoms with E-state index >= 15 is 0 Å². The van der Waals surface area contributed by atoms with E-state index in [2.05, 4.69) is 19.1 Å². The van der Waals surface area contributed by atoms with Crippen molar-refractivity contribution in [1.29, 1.82) is 0 Å². The van der Waals surface area contributed by atoms with Gasteiger partial charge in [-0.15, -0.1) is 0 Å². The van der Waals surface area contributed by atoms with Crippen LogP contribution in [0.1, 0.15) is 42.7 Å². The lowest BCUT2D eigenvalue weighted by atomic mass is 10.2. The molecule has 0 unspecified atom stereocenters. The Morgan fingerprint density at radius 1 is 1.10 bits per heavy atom. The van der Waals surface area contributed by atoms with Crippen LogP contribution in [0, 0.1) is 0 Å². The zero-order valence-corrected chi connectivity index (χ0v) is 13.0. The van der Waals surface area contributed by atoms with Gasteiger partial charge < -0.3 is 9.47 Å². The van der Waals surface area contributed by atoms with Crippen LogP contribution in [-0.4, -0.2) is 28.5 Å². The first kappa shape index (κ1) is 15.4. The SMILES string of the molecule is CCCCN(CC)C(=O)c1cccn1Cc1ccccc1. The van der Waals surface area contributed by atoms with Crippen LogP contribution in [-0.2, 0) is 6.54 Å². The van der Waals surface area contributed by atoms with Gasteiger partial charge in [-0.25, -0.2) is 0 Å². The smallest absolute Gasteiger partial charge is 0.270 e. The lowest BCUT2D eigenvalue weighted by Crippen LogP contribution is -2.33. The molecule has 1 amide bonds. The predicted molar refractivity (Wildman–Crippen MR) is 86.5 cm³/mol. The number of amides is 1. The van der Waals surface area contributed by atoms with Crippen molar-refractivity contribution in [2.45, 2.75) is 33.2 Å². The maximum Gasteiger partial charge on any atom is 0.270 e. The van der Waals surface area contributed by atoms with E-state index in [1.807, 2.05) is 52.9 Å². The first-order chi connectivity index (χ1) is 10.3. The monoisotopic (exact) mass is 284 g/mol. The van der Waals surface area contributed by atoms with Crippen LogP contribution >= 0.6 is 0 Å². The number of carbonyl (C=O) groups excluding carboxylic acids is 1. The third-order valence-corrected chi connectivity index (χ3v) is 3.69. The van der Waals surface area contributed by atoms with Gasteiger partial charge in [0.05, 0.1) is 0 Å². The highest BCUT2D eigenvalue weighted by Crippen LogP contribution is 2.11. The maximum atomic E-state index is 12.7. The molecule has 21 heavy (non-hydrogen) atoms. The van der Waals surface area contributed by atoms with Crippen LogP contribution in [0.2, 0.25) is 0 Å². The fourth-order valence-electron chi connectivity index (χ4n) is 2.44. The summed E-state index contributed by atoms with van der Waals surface area (Å²) in [5, 5.41) is 0. The third-order valence-electron chi connectivity index (χ3n) is 3.69. The summed E-state index contributed by atoms with van der Waals surface area (Å²) in [6, 6.07) is 14.1. The molecule has 0 saturated carbocycles. The van der Waals surface area contributed by atoms with E-state index in [1.165, 1.54) is 5.56 Å². The van der Waals surface area contributed by atoms with Crippen molar-refractivity contribution in [2.75, 3.05) is 13.1 Å². The van der Waals surface area contributed by atoms with Crippen LogP contribution in [0.3, 0.4) is 0 Å². The second-order valence-corrected chi connectivity index (χ2v) is 5.25. The molecule has 0 spiro atoms. The molecule has 0 atom stereocenters. The molecule has 2 rings (SSSR count). The molecule has 0 saturated heterocycles. The summed E-state index contributed by atoms with van der Waals surface area (Å²) in [6.45, 7) is 6.52. The van der Waals surface area contributed by atoms with Crippen molar-refractivity contribution in [3.05, 3.63) is 59.9 Å². The fraction of sp³-hybridized carbons (Fsp3) is 0.389. The molecular weight excluding hydrogens is 260 g/mol. The first-order valence-corrected chi connectivity index (χ1v) is 7.74. The number of benzene rings is 1. The Morgan fingerprint density at radius 3 is 2.52 bits per heavy atom. The molecular formula is C18H24N2O. The van der Waals surface area contributed by atoms with Gasteiger partial charge in [0.15, 0.2) is 0 Å². The number of nitrogens with zero attached hydrogens (tertiary/aromatic N) is 2. The zero-order valence-electron chi connectivity index (χ0n) is 13.0. The standard InChI is InChI=1S/C18H24N2O/c1-3-5-13-19(4-2)18(21)17-12-9-14-20(17)15-16-10-7-6-8-11-16/h6-12,14H,3-5,13,15H2,1-2H3. The molecule has 0 aliphatic carbocycles. The van der Waals surface area contributed by atoms with Crippen LogP contribution in [0.5, 0.6) is 0 Å². The van der Waals surface area contributed by atoms with Gasteiger partial charge in [0.25, 0.3) is 5.91 Å². The van der Waals surface area contributed by atoms with Gasteiger partial charge in [-0.1, -0.05) is 43.7 Å². The minimum atomic E-state index is 0.131. The largest absolute Gasteiger partial charge is 0.339 e. The average Bonchev–Trinajstić information content (AvgIpc) is 2.97. The molecule has 2 aromatic rings. The van der Waals surface area contributed by atoms with Crippen molar-refractivity contribution in [1.82, 2.24) is 9.47 Å². The minimum absolute atomic E-state index is 0.131. The molecule has 3 heteroatoms. The van der Waals surface area contributed by atoms with Crippen molar-refractivity contribution in [3.63, 3.8) is 0 Å². The van der Waals surface area contributed by atoms with Crippen LogP contribution in [0.25, 0.3) is 0 Å². The topological polar surface area (TPSA) is 25.2 Å². The lowest BCUT2D eigenvalue weighted by Gasteiger charge is -2.21. The first-order valence-electron chi connectivity index (χ1n) is 7.74. The van der Waals surface area contributed by atoms with Gasteiger partial charge in [-0.05, 0) is 31.0 Å². The zero-order chi connectivity index (χ0) is 15.1. The molecule has 3 nitrogen and oxygen atoms in total. The number of hydrogen-bond donors (Lipinski definition) is 0. The van der Waals surface area contributed by atoms with E-state index in [9.17, 15) is 4.79 Å². The van der Waals surface area contributed by atoms with Gasteiger partial charge in [-0.2, -0.15) is 0 Å². The van der Waals surface area contributed by atoms with E-state index in [1.54, 1.807) is 0 Å². The number of aromatic nitrogens is 1. The summed E-state index contributed by atoms with van der Waals surface area (Å²) in [5.41, 5.74) is 1.98. The molecule has 0 fully saturated rings. The lowest BCUT2D eigenvalue weighted by molar-refractivity contribution is 0.0752. The molecule has 0 bridgehead atoms. The van der Waals surface area contributed by atoms with Crippen molar-refractivity contribution in [3.8, 4) is 0 Å². The Morgan fingerprint density at radius 2 is 1.86 bits per heavy atom. The highest BCUT2D eigenvalue weighted by atomic mass is 16.2.